The van der Waals surface area contributed by atoms with Crippen LogP contribution in [0.15, 0.2) is 18.2 Å². The predicted molar refractivity (Wildman–Crippen MR) is 81.8 cm³/mol. The summed E-state index contributed by atoms with van der Waals surface area (Å²) < 4.78 is 11.6. The van der Waals surface area contributed by atoms with E-state index in [1.807, 2.05) is 13.8 Å². The Bertz CT molecular complexity index is 478. The summed E-state index contributed by atoms with van der Waals surface area (Å²) >= 11 is 5.95. The van der Waals surface area contributed by atoms with Gasteiger partial charge >= 0.3 is 0 Å². The number of carbonyl (C=O) groups is 1. The summed E-state index contributed by atoms with van der Waals surface area (Å²) in [5.41, 5.74) is 6.63. The van der Waals surface area contributed by atoms with Crippen LogP contribution in [0.5, 0.6) is 0 Å². The van der Waals surface area contributed by atoms with Crippen molar-refractivity contribution in [2.75, 3.05) is 22.6 Å². The van der Waals surface area contributed by atoms with Crippen molar-refractivity contribution in [3.05, 3.63) is 23.2 Å². The van der Waals surface area contributed by atoms with E-state index in [0.29, 0.717) is 33.8 Å². The third-order valence-corrected chi connectivity index (χ3v) is 4.35. The summed E-state index contributed by atoms with van der Waals surface area (Å²) in [5.74, 6) is 1.17. The topological polar surface area (TPSA) is 72.2 Å². The van der Waals surface area contributed by atoms with Gasteiger partial charge in [0.05, 0.1) is 10.7 Å². The Hall–Kier alpha value is -1.07. The molecule has 0 bridgehead atoms. The zero-order chi connectivity index (χ0) is 14.4. The molecule has 0 aliphatic carbocycles. The number of carbonyl (C=O) groups excluding carboxylic acids is 1. The van der Waals surface area contributed by atoms with Crippen LogP contribution in [0.4, 0.5) is 11.4 Å². The van der Waals surface area contributed by atoms with Crippen molar-refractivity contribution in [2.24, 2.45) is 5.92 Å². The van der Waals surface area contributed by atoms with Crippen LogP contribution in [0, 0.1) is 5.92 Å². The van der Waals surface area contributed by atoms with Gasteiger partial charge in [0.25, 0.3) is 0 Å². The Labute approximate surface area is 121 Å². The second-order valence-electron chi connectivity index (χ2n) is 4.74. The number of halogens is 1. The Morgan fingerprint density at radius 2 is 2.16 bits per heavy atom. The lowest BCUT2D eigenvalue weighted by atomic mass is 10.3. The number of hydrogen-bond donors (Lipinski definition) is 2. The molecule has 0 aromatic heterocycles. The van der Waals surface area contributed by atoms with E-state index in [1.54, 1.807) is 18.2 Å². The van der Waals surface area contributed by atoms with Crippen LogP contribution in [-0.2, 0) is 15.6 Å². The molecule has 3 N–H and O–H groups in total. The third-order valence-electron chi connectivity index (χ3n) is 2.34. The fourth-order valence-corrected chi connectivity index (χ4v) is 3.07. The van der Waals surface area contributed by atoms with Crippen molar-refractivity contribution >= 4 is 39.7 Å². The summed E-state index contributed by atoms with van der Waals surface area (Å²) in [7, 11) is -0.952. The van der Waals surface area contributed by atoms with Crippen LogP contribution >= 0.6 is 11.6 Å². The minimum Gasteiger partial charge on any atom is -0.399 e. The van der Waals surface area contributed by atoms with E-state index in [1.165, 1.54) is 0 Å². The van der Waals surface area contributed by atoms with Crippen LogP contribution in [0.3, 0.4) is 0 Å². The molecule has 1 atom stereocenters. The molecule has 1 aromatic carbocycles. The number of rotatable bonds is 6. The normalized spacial score (nSPS) is 12.4. The van der Waals surface area contributed by atoms with Gasteiger partial charge in [-0.05, 0) is 24.1 Å². The van der Waals surface area contributed by atoms with Crippen LogP contribution in [0.25, 0.3) is 0 Å². The summed E-state index contributed by atoms with van der Waals surface area (Å²) in [6.07, 6.45) is 0.222. The van der Waals surface area contributed by atoms with Crippen molar-refractivity contribution in [3.63, 3.8) is 0 Å². The van der Waals surface area contributed by atoms with Crippen molar-refractivity contribution in [2.45, 2.75) is 20.3 Å². The monoisotopic (exact) mass is 302 g/mol. The first-order chi connectivity index (χ1) is 8.88. The number of hydrogen-bond acceptors (Lipinski definition) is 3. The summed E-state index contributed by atoms with van der Waals surface area (Å²) in [5, 5.41) is 3.08. The molecule has 1 amide bonds. The number of nitrogens with one attached hydrogen (secondary N) is 1. The Kier molecular flexibility index (Phi) is 6.31. The Balaban J connectivity index is 2.45. The van der Waals surface area contributed by atoms with Gasteiger partial charge in [-0.1, -0.05) is 25.4 Å². The highest BCUT2D eigenvalue weighted by Crippen LogP contribution is 2.24. The lowest BCUT2D eigenvalue weighted by molar-refractivity contribution is -0.115. The minimum atomic E-state index is -0.952. The first-order valence-electron chi connectivity index (χ1n) is 6.08. The molecular weight excluding hydrogens is 284 g/mol. The molecular formula is C13H19ClN2O2S. The first kappa shape index (κ1) is 16.0. The maximum absolute atomic E-state index is 11.7. The third kappa shape index (κ3) is 6.07. The fourth-order valence-electron chi connectivity index (χ4n) is 1.51. The standard InChI is InChI=1S/C13H19ClN2O2S/c1-9(2)8-19(18)6-5-13(17)16-12-4-3-10(15)7-11(12)14/h3-4,7,9H,5-6,8,15H2,1-2H3,(H,16,17). The van der Waals surface area contributed by atoms with Crippen molar-refractivity contribution < 1.29 is 9.00 Å². The highest BCUT2D eigenvalue weighted by atomic mass is 35.5. The van der Waals surface area contributed by atoms with Gasteiger partial charge < -0.3 is 11.1 Å². The molecule has 0 fully saturated rings. The number of nitrogens with two attached hydrogens (primary N) is 1. The van der Waals surface area contributed by atoms with E-state index >= 15 is 0 Å². The van der Waals surface area contributed by atoms with Gasteiger partial charge in [-0.15, -0.1) is 0 Å². The summed E-state index contributed by atoms with van der Waals surface area (Å²) in [6, 6.07) is 4.90. The van der Waals surface area contributed by atoms with Gasteiger partial charge in [0.15, 0.2) is 0 Å². The second kappa shape index (κ2) is 7.50. The van der Waals surface area contributed by atoms with Crippen LogP contribution in [0.1, 0.15) is 20.3 Å². The molecule has 0 aliphatic rings. The van der Waals surface area contributed by atoms with Gasteiger partial charge in [-0.2, -0.15) is 0 Å². The maximum atomic E-state index is 11.7. The largest absolute Gasteiger partial charge is 0.399 e. The smallest absolute Gasteiger partial charge is 0.225 e. The van der Waals surface area contributed by atoms with E-state index in [9.17, 15) is 9.00 Å². The number of amides is 1. The zero-order valence-electron chi connectivity index (χ0n) is 11.1. The Morgan fingerprint density at radius 3 is 2.74 bits per heavy atom. The average molecular weight is 303 g/mol. The molecule has 1 aromatic rings. The SMILES string of the molecule is CC(C)CS(=O)CCC(=O)Nc1ccc(N)cc1Cl. The van der Waals surface area contributed by atoms with Crippen molar-refractivity contribution in [1.29, 1.82) is 0 Å². The minimum absolute atomic E-state index is 0.191. The molecule has 1 unspecified atom stereocenters. The van der Waals surface area contributed by atoms with Crippen LogP contribution in [0.2, 0.25) is 5.02 Å². The number of benzene rings is 1. The lowest BCUT2D eigenvalue weighted by Gasteiger charge is -2.08. The predicted octanol–water partition coefficient (Wildman–Crippen LogP) is 2.66. The quantitative estimate of drug-likeness (QED) is 0.794. The molecule has 4 nitrogen and oxygen atoms in total. The van der Waals surface area contributed by atoms with Gasteiger partial charge in [-0.25, -0.2) is 0 Å². The first-order valence-corrected chi connectivity index (χ1v) is 7.95. The summed E-state index contributed by atoms with van der Waals surface area (Å²) in [4.78, 5) is 11.7. The molecule has 0 heterocycles. The van der Waals surface area contributed by atoms with Gasteiger partial charge in [0, 0.05) is 34.4 Å². The van der Waals surface area contributed by atoms with E-state index in [4.69, 9.17) is 17.3 Å². The van der Waals surface area contributed by atoms with E-state index in [-0.39, 0.29) is 12.3 Å². The molecule has 1 rings (SSSR count). The van der Waals surface area contributed by atoms with E-state index in [2.05, 4.69) is 5.32 Å². The van der Waals surface area contributed by atoms with Crippen LogP contribution < -0.4 is 11.1 Å². The Morgan fingerprint density at radius 1 is 1.47 bits per heavy atom. The van der Waals surface area contributed by atoms with Crippen LogP contribution in [-0.4, -0.2) is 21.6 Å². The molecule has 0 saturated heterocycles. The lowest BCUT2D eigenvalue weighted by Crippen LogP contribution is -2.17. The highest BCUT2D eigenvalue weighted by Gasteiger charge is 2.09. The van der Waals surface area contributed by atoms with Gasteiger partial charge in [-0.3, -0.25) is 9.00 Å². The number of nitrogen functional groups attached to an aromatic ring is 1. The van der Waals surface area contributed by atoms with E-state index in [0.717, 1.165) is 0 Å². The average Bonchev–Trinajstić information content (AvgIpc) is 2.29. The second-order valence-corrected chi connectivity index (χ2v) is 6.77. The van der Waals surface area contributed by atoms with Gasteiger partial charge in [0.1, 0.15) is 0 Å². The van der Waals surface area contributed by atoms with Crippen molar-refractivity contribution in [3.8, 4) is 0 Å². The van der Waals surface area contributed by atoms with E-state index < -0.39 is 10.8 Å². The number of anilines is 2. The molecule has 106 valence electrons. The maximum Gasteiger partial charge on any atom is 0.225 e. The summed E-state index contributed by atoms with van der Waals surface area (Å²) in [6.45, 7) is 4.01. The van der Waals surface area contributed by atoms with Crippen molar-refractivity contribution in [1.82, 2.24) is 0 Å². The molecule has 0 saturated carbocycles. The van der Waals surface area contributed by atoms with Gasteiger partial charge in [0.2, 0.25) is 5.91 Å². The molecule has 6 heteroatoms. The molecule has 0 aliphatic heterocycles. The molecule has 0 radical (unpaired) electrons. The zero-order valence-corrected chi connectivity index (χ0v) is 12.7. The highest BCUT2D eigenvalue weighted by molar-refractivity contribution is 7.85. The fraction of sp³-hybridized carbons (Fsp3) is 0.462. The molecule has 19 heavy (non-hydrogen) atoms. The molecule has 0 spiro atoms.